The minimum absolute atomic E-state index is 0.104. The van der Waals surface area contributed by atoms with Gasteiger partial charge in [0.25, 0.3) is 0 Å². The van der Waals surface area contributed by atoms with Crippen molar-refractivity contribution in [2.24, 2.45) is 71.0 Å². The zero-order chi connectivity index (χ0) is 20.3. The quantitative estimate of drug-likeness (QED) is 0.449. The molecule has 7 rings (SSSR count). The first-order valence-electron chi connectivity index (χ1n) is 12.1. The first-order valence-corrected chi connectivity index (χ1v) is 12.1. The molecule has 0 N–H and O–H groups in total. The van der Waals surface area contributed by atoms with Crippen molar-refractivity contribution in [2.75, 3.05) is 0 Å². The number of ether oxygens (including phenoxy) is 2. The fraction of sp³-hybridized carbons (Fsp3) is 0.833. The number of fused-ring (bicyclic) bond motifs is 2. The summed E-state index contributed by atoms with van der Waals surface area (Å²) in [6.45, 7) is 0. The summed E-state index contributed by atoms with van der Waals surface area (Å²) in [7, 11) is 0. The molecular formula is C24H28O6. The predicted octanol–water partition coefficient (Wildman–Crippen LogP) is 2.74. The lowest BCUT2D eigenvalue weighted by Gasteiger charge is -2.66. The molecule has 0 radical (unpaired) electrons. The Morgan fingerprint density at radius 2 is 0.667 bits per heavy atom. The third-order valence-corrected chi connectivity index (χ3v) is 10.7. The van der Waals surface area contributed by atoms with Gasteiger partial charge in [0.2, 0.25) is 0 Å². The first-order chi connectivity index (χ1) is 14.5. The molecule has 160 valence electrons. The highest BCUT2D eigenvalue weighted by Crippen LogP contribution is 2.68. The van der Waals surface area contributed by atoms with E-state index in [1.807, 2.05) is 0 Å². The number of rotatable bonds is 0. The Hall–Kier alpha value is -1.72. The Balaban J connectivity index is 1.31. The lowest BCUT2D eigenvalue weighted by molar-refractivity contribution is -0.222. The van der Waals surface area contributed by atoms with Crippen LogP contribution >= 0.6 is 0 Å². The highest BCUT2D eigenvalue weighted by Gasteiger charge is 2.67. The van der Waals surface area contributed by atoms with Gasteiger partial charge < -0.3 is 9.47 Å². The SMILES string of the molecule is O=C1OC(=O)[C@H]2CC[C@H]3[C@H]4CC[C@H]5C(=O)OC(=O)[C@H]6CCC([C@@H]4[C@H]65)[C@H]4CCC1[C@@H]2[C@@H]34. The van der Waals surface area contributed by atoms with Gasteiger partial charge in [-0.05, 0) is 98.7 Å². The molecule has 0 bridgehead atoms. The molecular weight excluding hydrogens is 384 g/mol. The molecule has 0 aromatic carbocycles. The lowest BCUT2D eigenvalue weighted by Crippen LogP contribution is -2.65. The van der Waals surface area contributed by atoms with E-state index in [9.17, 15) is 19.2 Å². The van der Waals surface area contributed by atoms with Crippen LogP contribution in [0.1, 0.15) is 51.4 Å². The van der Waals surface area contributed by atoms with Gasteiger partial charge >= 0.3 is 23.9 Å². The van der Waals surface area contributed by atoms with E-state index in [4.69, 9.17) is 9.47 Å². The molecule has 0 spiro atoms. The summed E-state index contributed by atoms with van der Waals surface area (Å²) >= 11 is 0. The predicted molar refractivity (Wildman–Crippen MR) is 101 cm³/mol. The molecule has 0 amide bonds. The zero-order valence-electron chi connectivity index (χ0n) is 17.0. The van der Waals surface area contributed by atoms with E-state index in [0.717, 1.165) is 51.4 Å². The van der Waals surface area contributed by atoms with Crippen molar-refractivity contribution >= 4 is 23.9 Å². The summed E-state index contributed by atoms with van der Waals surface area (Å²) in [5, 5.41) is 0. The Bertz CT molecular complexity index is 730. The summed E-state index contributed by atoms with van der Waals surface area (Å²) < 4.78 is 10.3. The number of carbonyl (C=O) groups excluding carboxylic acids is 4. The molecule has 12 atom stereocenters. The van der Waals surface area contributed by atoms with Crippen LogP contribution < -0.4 is 0 Å². The van der Waals surface area contributed by atoms with E-state index in [1.54, 1.807) is 0 Å². The summed E-state index contributed by atoms with van der Waals surface area (Å²) in [6.07, 6.45) is 7.39. The zero-order valence-corrected chi connectivity index (χ0v) is 17.0. The van der Waals surface area contributed by atoms with Crippen molar-refractivity contribution in [2.45, 2.75) is 51.4 Å². The van der Waals surface area contributed by atoms with Gasteiger partial charge in [0.1, 0.15) is 0 Å². The normalized spacial score (nSPS) is 55.7. The molecule has 5 saturated carbocycles. The molecule has 2 unspecified atom stereocenters. The molecule has 2 aliphatic heterocycles. The van der Waals surface area contributed by atoms with E-state index in [-0.39, 0.29) is 59.4 Å². The smallest absolute Gasteiger partial charge is 0.316 e. The number of carbonyl (C=O) groups is 4. The molecule has 6 nitrogen and oxygen atoms in total. The van der Waals surface area contributed by atoms with Crippen LogP contribution in [0.25, 0.3) is 0 Å². The van der Waals surface area contributed by atoms with E-state index in [2.05, 4.69) is 0 Å². The van der Waals surface area contributed by atoms with Crippen molar-refractivity contribution in [1.82, 2.24) is 0 Å². The summed E-state index contributed by atoms with van der Waals surface area (Å²) in [6, 6.07) is 0. The van der Waals surface area contributed by atoms with Crippen LogP contribution in [0.2, 0.25) is 0 Å². The van der Waals surface area contributed by atoms with Gasteiger partial charge in [-0.3, -0.25) is 19.2 Å². The summed E-state index contributed by atoms with van der Waals surface area (Å²) in [5.74, 6) is 1.72. The summed E-state index contributed by atoms with van der Waals surface area (Å²) in [4.78, 5) is 50.2. The maximum Gasteiger partial charge on any atom is 0.316 e. The number of cyclic esters (lactones) is 4. The van der Waals surface area contributed by atoms with Gasteiger partial charge in [0.15, 0.2) is 0 Å². The van der Waals surface area contributed by atoms with E-state index in [0.29, 0.717) is 35.5 Å². The molecule has 2 heterocycles. The number of esters is 4. The van der Waals surface area contributed by atoms with Crippen LogP contribution in [-0.2, 0) is 28.7 Å². The van der Waals surface area contributed by atoms with E-state index >= 15 is 0 Å². The monoisotopic (exact) mass is 412 g/mol. The Kier molecular flexibility index (Phi) is 3.55. The molecule has 6 heteroatoms. The Morgan fingerprint density at radius 1 is 0.400 bits per heavy atom. The van der Waals surface area contributed by atoms with Gasteiger partial charge in [0.05, 0.1) is 23.7 Å². The van der Waals surface area contributed by atoms with E-state index in [1.165, 1.54) is 0 Å². The van der Waals surface area contributed by atoms with Crippen LogP contribution in [0, 0.1) is 71.0 Å². The third-order valence-electron chi connectivity index (χ3n) is 10.7. The fourth-order valence-electron chi connectivity index (χ4n) is 10.0. The van der Waals surface area contributed by atoms with Gasteiger partial charge in [0, 0.05) is 0 Å². The Morgan fingerprint density at radius 3 is 0.933 bits per heavy atom. The van der Waals surface area contributed by atoms with Crippen molar-refractivity contribution in [3.05, 3.63) is 0 Å². The molecule has 0 aromatic rings. The number of hydrogen-bond donors (Lipinski definition) is 0. The molecule has 7 fully saturated rings. The van der Waals surface area contributed by atoms with Crippen LogP contribution in [0.5, 0.6) is 0 Å². The van der Waals surface area contributed by atoms with Crippen molar-refractivity contribution < 1.29 is 28.7 Å². The first kappa shape index (κ1) is 17.9. The average Bonchev–Trinajstić information content (AvgIpc) is 2.74. The molecule has 5 aliphatic carbocycles. The second-order valence-electron chi connectivity index (χ2n) is 11.2. The topological polar surface area (TPSA) is 86.7 Å². The second kappa shape index (κ2) is 5.95. The Labute approximate surface area is 175 Å². The number of hydrogen-bond acceptors (Lipinski definition) is 6. The molecule has 7 aliphatic rings. The highest BCUT2D eigenvalue weighted by molar-refractivity contribution is 5.92. The van der Waals surface area contributed by atoms with Gasteiger partial charge in [-0.2, -0.15) is 0 Å². The average molecular weight is 412 g/mol. The molecule has 30 heavy (non-hydrogen) atoms. The van der Waals surface area contributed by atoms with Crippen LogP contribution in [0.3, 0.4) is 0 Å². The largest absolute Gasteiger partial charge is 0.393 e. The van der Waals surface area contributed by atoms with Crippen LogP contribution in [-0.4, -0.2) is 23.9 Å². The maximum atomic E-state index is 12.6. The molecule has 0 aromatic heterocycles. The van der Waals surface area contributed by atoms with Gasteiger partial charge in [-0.25, -0.2) is 0 Å². The summed E-state index contributed by atoms with van der Waals surface area (Å²) in [5.41, 5.74) is 0. The van der Waals surface area contributed by atoms with Crippen molar-refractivity contribution in [1.29, 1.82) is 0 Å². The standard InChI is InChI=1S/C24H28O6/c25-21-13-5-1-9-10-2-6-15-20-16(24(28)30-23(15)27)8-4-12(18(10)20)11-3-7-14(22(26)29-21)19(13)17(9)11/h9-20H,1-8H2/t9-,10+,11+,12?,13-,14?,15+,16-,17-,18+,19+,20-/m0/s1. The van der Waals surface area contributed by atoms with Gasteiger partial charge in [-0.15, -0.1) is 0 Å². The minimum Gasteiger partial charge on any atom is -0.393 e. The highest BCUT2D eigenvalue weighted by atomic mass is 16.6. The van der Waals surface area contributed by atoms with Crippen molar-refractivity contribution in [3.63, 3.8) is 0 Å². The molecule has 2 saturated heterocycles. The minimum atomic E-state index is -0.282. The lowest BCUT2D eigenvalue weighted by atomic mass is 9.38. The van der Waals surface area contributed by atoms with E-state index < -0.39 is 0 Å². The fourth-order valence-corrected chi connectivity index (χ4v) is 10.0. The van der Waals surface area contributed by atoms with Crippen molar-refractivity contribution in [3.8, 4) is 0 Å². The second-order valence-corrected chi connectivity index (χ2v) is 11.2. The van der Waals surface area contributed by atoms with Crippen LogP contribution in [0.4, 0.5) is 0 Å². The van der Waals surface area contributed by atoms with Gasteiger partial charge in [-0.1, -0.05) is 0 Å². The maximum absolute atomic E-state index is 12.6. The third kappa shape index (κ3) is 2.06. The van der Waals surface area contributed by atoms with Crippen LogP contribution in [0.15, 0.2) is 0 Å².